The minimum Gasteiger partial charge on any atom is -0.302 e. The van der Waals surface area contributed by atoms with Gasteiger partial charge in [0.2, 0.25) is 11.8 Å². The van der Waals surface area contributed by atoms with E-state index in [9.17, 15) is 9.59 Å². The van der Waals surface area contributed by atoms with Crippen molar-refractivity contribution >= 4 is 18.0 Å². The standard InChI is InChI=1S/C16H20N4O2/c1-10(2)13-6-4-12(5-7-13)9-17-19-15(21)8-14-11(3)18-20-16(14)22/h4-7,9-10,14,18H,3,8H2,1-2H3,(H,19,21)(H,20,22). The van der Waals surface area contributed by atoms with Crippen LogP contribution in [0.5, 0.6) is 0 Å². The molecule has 1 unspecified atom stereocenters. The van der Waals surface area contributed by atoms with Crippen LogP contribution in [0.3, 0.4) is 0 Å². The summed E-state index contributed by atoms with van der Waals surface area (Å²) in [6.45, 7) is 7.94. The van der Waals surface area contributed by atoms with E-state index in [1.165, 1.54) is 5.56 Å². The first-order chi connectivity index (χ1) is 10.5. The van der Waals surface area contributed by atoms with E-state index in [1.807, 2.05) is 24.3 Å². The predicted octanol–water partition coefficient (Wildman–Crippen LogP) is 1.41. The molecule has 116 valence electrons. The summed E-state index contributed by atoms with van der Waals surface area (Å²) in [7, 11) is 0. The molecule has 3 N–H and O–H groups in total. The molecule has 6 nitrogen and oxygen atoms in total. The van der Waals surface area contributed by atoms with Crippen LogP contribution in [-0.2, 0) is 9.59 Å². The van der Waals surface area contributed by atoms with Crippen molar-refractivity contribution in [2.75, 3.05) is 0 Å². The van der Waals surface area contributed by atoms with Gasteiger partial charge in [0.25, 0.3) is 0 Å². The van der Waals surface area contributed by atoms with E-state index in [4.69, 9.17) is 0 Å². The van der Waals surface area contributed by atoms with E-state index in [0.717, 1.165) is 5.56 Å². The second-order valence-electron chi connectivity index (χ2n) is 5.51. The average molecular weight is 300 g/mol. The predicted molar refractivity (Wildman–Crippen MR) is 84.8 cm³/mol. The van der Waals surface area contributed by atoms with Crippen molar-refractivity contribution in [3.8, 4) is 0 Å². The number of carbonyl (C=O) groups excluding carboxylic acids is 2. The maximum atomic E-state index is 11.8. The molecule has 1 aliphatic rings. The third-order valence-electron chi connectivity index (χ3n) is 3.48. The van der Waals surface area contributed by atoms with Crippen molar-refractivity contribution in [1.29, 1.82) is 0 Å². The topological polar surface area (TPSA) is 82.6 Å². The number of hydrogen-bond donors (Lipinski definition) is 3. The molecule has 1 aromatic rings. The molecule has 0 saturated carbocycles. The third kappa shape index (κ3) is 3.94. The lowest BCUT2D eigenvalue weighted by Gasteiger charge is -2.06. The number of hydrazine groups is 1. The molecule has 0 bridgehead atoms. The summed E-state index contributed by atoms with van der Waals surface area (Å²) in [4.78, 5) is 23.2. The van der Waals surface area contributed by atoms with Gasteiger partial charge in [-0.15, -0.1) is 0 Å². The Kier molecular flexibility index (Phi) is 4.93. The highest BCUT2D eigenvalue weighted by Crippen LogP contribution is 2.15. The highest BCUT2D eigenvalue weighted by molar-refractivity contribution is 5.89. The lowest BCUT2D eigenvalue weighted by molar-refractivity contribution is -0.127. The van der Waals surface area contributed by atoms with Crippen molar-refractivity contribution in [2.24, 2.45) is 11.0 Å². The van der Waals surface area contributed by atoms with Crippen LogP contribution >= 0.6 is 0 Å². The van der Waals surface area contributed by atoms with Crippen molar-refractivity contribution in [3.63, 3.8) is 0 Å². The molecule has 0 spiro atoms. The zero-order chi connectivity index (χ0) is 16.1. The molecule has 1 aliphatic heterocycles. The Hall–Kier alpha value is -2.63. The molecular formula is C16H20N4O2. The van der Waals surface area contributed by atoms with Crippen LogP contribution in [0.25, 0.3) is 0 Å². The summed E-state index contributed by atoms with van der Waals surface area (Å²) in [5.41, 5.74) is 10.1. The Morgan fingerprint density at radius 1 is 1.36 bits per heavy atom. The van der Waals surface area contributed by atoms with Crippen LogP contribution in [0.4, 0.5) is 0 Å². The van der Waals surface area contributed by atoms with Gasteiger partial charge in [-0.2, -0.15) is 5.10 Å². The second kappa shape index (κ2) is 6.89. The van der Waals surface area contributed by atoms with Gasteiger partial charge in [-0.1, -0.05) is 44.7 Å². The second-order valence-corrected chi connectivity index (χ2v) is 5.51. The lowest BCUT2D eigenvalue weighted by Crippen LogP contribution is -2.27. The monoisotopic (exact) mass is 300 g/mol. The minimum atomic E-state index is -0.555. The van der Waals surface area contributed by atoms with Gasteiger partial charge < -0.3 is 5.43 Å². The maximum absolute atomic E-state index is 11.8. The number of benzene rings is 1. The summed E-state index contributed by atoms with van der Waals surface area (Å²) in [6, 6.07) is 7.96. The molecule has 0 aromatic heterocycles. The van der Waals surface area contributed by atoms with Gasteiger partial charge in [0.1, 0.15) is 0 Å². The highest BCUT2D eigenvalue weighted by Gasteiger charge is 2.29. The van der Waals surface area contributed by atoms with E-state index in [-0.39, 0.29) is 18.2 Å². The molecule has 2 amide bonds. The van der Waals surface area contributed by atoms with Gasteiger partial charge in [-0.3, -0.25) is 15.0 Å². The Morgan fingerprint density at radius 3 is 2.59 bits per heavy atom. The van der Waals surface area contributed by atoms with E-state index in [2.05, 4.69) is 41.8 Å². The molecule has 1 aromatic carbocycles. The van der Waals surface area contributed by atoms with Gasteiger partial charge in [0, 0.05) is 12.1 Å². The van der Waals surface area contributed by atoms with Gasteiger partial charge in [0.15, 0.2) is 0 Å². The Bertz CT molecular complexity index is 589. The molecule has 1 fully saturated rings. The highest BCUT2D eigenvalue weighted by atomic mass is 16.2. The SMILES string of the molecule is C=C1NNC(=O)C1CC(=O)NN=Cc1ccc(C(C)C)cc1. The number of nitrogens with zero attached hydrogens (tertiary/aromatic N) is 1. The molecule has 1 atom stereocenters. The first-order valence-electron chi connectivity index (χ1n) is 7.14. The fourth-order valence-electron chi connectivity index (χ4n) is 2.07. The summed E-state index contributed by atoms with van der Waals surface area (Å²) < 4.78 is 0. The summed E-state index contributed by atoms with van der Waals surface area (Å²) in [5, 5.41) is 3.90. The molecule has 22 heavy (non-hydrogen) atoms. The van der Waals surface area contributed by atoms with Crippen molar-refractivity contribution in [1.82, 2.24) is 16.3 Å². The van der Waals surface area contributed by atoms with E-state index >= 15 is 0 Å². The van der Waals surface area contributed by atoms with Crippen molar-refractivity contribution in [3.05, 3.63) is 47.7 Å². The van der Waals surface area contributed by atoms with Crippen LogP contribution in [0.1, 0.15) is 37.3 Å². The smallest absolute Gasteiger partial charge is 0.247 e. The molecule has 0 radical (unpaired) electrons. The Balaban J connectivity index is 1.85. The molecular weight excluding hydrogens is 280 g/mol. The summed E-state index contributed by atoms with van der Waals surface area (Å²) in [6.07, 6.45) is 1.59. The number of amides is 2. The maximum Gasteiger partial charge on any atom is 0.247 e. The lowest BCUT2D eigenvalue weighted by atomic mass is 10.0. The van der Waals surface area contributed by atoms with Crippen LogP contribution in [0, 0.1) is 5.92 Å². The van der Waals surface area contributed by atoms with Crippen LogP contribution in [0.15, 0.2) is 41.6 Å². The van der Waals surface area contributed by atoms with Gasteiger partial charge in [-0.05, 0) is 17.0 Å². The Morgan fingerprint density at radius 2 is 2.05 bits per heavy atom. The normalized spacial score (nSPS) is 17.7. The number of hydrogen-bond acceptors (Lipinski definition) is 4. The van der Waals surface area contributed by atoms with Gasteiger partial charge >= 0.3 is 0 Å². The number of carbonyl (C=O) groups is 2. The minimum absolute atomic E-state index is 0.0152. The quantitative estimate of drug-likeness (QED) is 0.568. The fourth-order valence-corrected chi connectivity index (χ4v) is 2.07. The molecule has 2 rings (SSSR count). The number of hydrazone groups is 1. The number of rotatable bonds is 5. The average Bonchev–Trinajstić information content (AvgIpc) is 2.79. The first-order valence-corrected chi connectivity index (χ1v) is 7.14. The van der Waals surface area contributed by atoms with Crippen LogP contribution < -0.4 is 16.3 Å². The molecule has 1 saturated heterocycles. The van der Waals surface area contributed by atoms with E-state index in [1.54, 1.807) is 6.21 Å². The first kappa shape index (κ1) is 15.8. The molecule has 0 aliphatic carbocycles. The van der Waals surface area contributed by atoms with Crippen molar-refractivity contribution in [2.45, 2.75) is 26.2 Å². The zero-order valence-electron chi connectivity index (χ0n) is 12.7. The van der Waals surface area contributed by atoms with E-state index < -0.39 is 5.92 Å². The summed E-state index contributed by atoms with van der Waals surface area (Å²) in [5.74, 6) is -0.668. The summed E-state index contributed by atoms with van der Waals surface area (Å²) >= 11 is 0. The largest absolute Gasteiger partial charge is 0.302 e. The third-order valence-corrected chi connectivity index (χ3v) is 3.48. The van der Waals surface area contributed by atoms with Gasteiger partial charge in [0.05, 0.1) is 12.1 Å². The van der Waals surface area contributed by atoms with Crippen LogP contribution in [0.2, 0.25) is 0 Å². The van der Waals surface area contributed by atoms with Crippen molar-refractivity contribution < 1.29 is 9.59 Å². The molecule has 6 heteroatoms. The molecule has 1 heterocycles. The van der Waals surface area contributed by atoms with Gasteiger partial charge in [-0.25, -0.2) is 5.43 Å². The Labute approximate surface area is 129 Å². The van der Waals surface area contributed by atoms with Crippen LogP contribution in [-0.4, -0.2) is 18.0 Å². The number of nitrogens with one attached hydrogen (secondary N) is 3. The van der Waals surface area contributed by atoms with E-state index in [0.29, 0.717) is 11.6 Å². The zero-order valence-corrected chi connectivity index (χ0v) is 12.7. The fraction of sp³-hybridized carbons (Fsp3) is 0.312.